The second kappa shape index (κ2) is 8.26. The van der Waals surface area contributed by atoms with Crippen molar-refractivity contribution in [3.05, 3.63) is 78.1 Å². The molecule has 1 aromatic carbocycles. The highest BCUT2D eigenvalue weighted by molar-refractivity contribution is 6.03. The summed E-state index contributed by atoms with van der Waals surface area (Å²) in [6.07, 6.45) is 6.12. The molecule has 1 aliphatic rings. The first-order valence-corrected chi connectivity index (χ1v) is 10.4. The standard InChI is InChI=1S/C23H22FN7O/c1-30(14-15-5-3-2-4-6-15)21-11-19(27-16-7-8-16)22-26-13-20(31(22)29-21)23(32)28-18-9-10-25-12-17(18)24/h2-6,9-13,16,27H,7-8,14H2,1H3,(H,25,28,32). The summed E-state index contributed by atoms with van der Waals surface area (Å²) >= 11 is 0. The Hall–Kier alpha value is -4.01. The van der Waals surface area contributed by atoms with Gasteiger partial charge in [0.1, 0.15) is 0 Å². The number of fused-ring (bicyclic) bond motifs is 1. The van der Waals surface area contributed by atoms with E-state index in [1.807, 2.05) is 36.2 Å². The van der Waals surface area contributed by atoms with E-state index >= 15 is 0 Å². The highest BCUT2D eigenvalue weighted by Crippen LogP contribution is 2.29. The lowest BCUT2D eigenvalue weighted by molar-refractivity contribution is 0.102. The normalized spacial score (nSPS) is 13.2. The smallest absolute Gasteiger partial charge is 0.276 e. The van der Waals surface area contributed by atoms with E-state index in [1.54, 1.807) is 0 Å². The predicted molar refractivity (Wildman–Crippen MR) is 120 cm³/mol. The molecule has 0 atom stereocenters. The summed E-state index contributed by atoms with van der Waals surface area (Å²) in [4.78, 5) is 23.1. The molecule has 0 aliphatic heterocycles. The molecule has 8 nitrogen and oxygen atoms in total. The minimum absolute atomic E-state index is 0.0497. The van der Waals surface area contributed by atoms with Gasteiger partial charge in [-0.2, -0.15) is 0 Å². The number of nitrogens with zero attached hydrogens (tertiary/aromatic N) is 5. The molecule has 1 amide bonds. The molecule has 0 radical (unpaired) electrons. The van der Waals surface area contributed by atoms with E-state index in [2.05, 4.69) is 37.8 Å². The molecule has 0 bridgehead atoms. The summed E-state index contributed by atoms with van der Waals surface area (Å²) in [7, 11) is 1.95. The molecule has 162 valence electrons. The van der Waals surface area contributed by atoms with Crippen molar-refractivity contribution in [1.29, 1.82) is 0 Å². The van der Waals surface area contributed by atoms with Crippen molar-refractivity contribution >= 4 is 28.7 Å². The average molecular weight is 431 g/mol. The van der Waals surface area contributed by atoms with E-state index in [4.69, 9.17) is 0 Å². The molecule has 1 aliphatic carbocycles. The van der Waals surface area contributed by atoms with Crippen LogP contribution in [-0.4, -0.2) is 38.6 Å². The zero-order valence-corrected chi connectivity index (χ0v) is 17.5. The predicted octanol–water partition coefficient (Wildman–Crippen LogP) is 3.73. The van der Waals surface area contributed by atoms with Gasteiger partial charge in [-0.25, -0.2) is 13.9 Å². The second-order valence-corrected chi connectivity index (χ2v) is 7.86. The number of halogens is 1. The first-order valence-electron chi connectivity index (χ1n) is 10.4. The molecular weight excluding hydrogens is 409 g/mol. The number of anilines is 3. The number of benzene rings is 1. The first-order chi connectivity index (χ1) is 15.6. The zero-order valence-electron chi connectivity index (χ0n) is 17.5. The molecule has 9 heteroatoms. The van der Waals surface area contributed by atoms with Crippen molar-refractivity contribution < 1.29 is 9.18 Å². The number of imidazole rings is 1. The van der Waals surface area contributed by atoms with E-state index in [0.29, 0.717) is 24.1 Å². The van der Waals surface area contributed by atoms with Crippen LogP contribution in [0.25, 0.3) is 5.65 Å². The van der Waals surface area contributed by atoms with Crippen molar-refractivity contribution in [2.45, 2.75) is 25.4 Å². The fourth-order valence-electron chi connectivity index (χ4n) is 3.45. The van der Waals surface area contributed by atoms with Crippen LogP contribution in [0, 0.1) is 5.82 Å². The zero-order chi connectivity index (χ0) is 22.1. The number of pyridine rings is 1. The number of hydrogen-bond donors (Lipinski definition) is 2. The van der Waals surface area contributed by atoms with Gasteiger partial charge < -0.3 is 15.5 Å². The van der Waals surface area contributed by atoms with Crippen LogP contribution in [-0.2, 0) is 6.54 Å². The Morgan fingerprint density at radius 3 is 2.75 bits per heavy atom. The van der Waals surface area contributed by atoms with Gasteiger partial charge in [-0.15, -0.1) is 5.10 Å². The lowest BCUT2D eigenvalue weighted by Crippen LogP contribution is -2.21. The molecule has 32 heavy (non-hydrogen) atoms. The third-order valence-corrected chi connectivity index (χ3v) is 5.30. The van der Waals surface area contributed by atoms with Crippen LogP contribution in [0.15, 0.2) is 61.1 Å². The molecule has 0 spiro atoms. The second-order valence-electron chi connectivity index (χ2n) is 7.86. The number of nitrogens with one attached hydrogen (secondary N) is 2. The van der Waals surface area contributed by atoms with Gasteiger partial charge in [-0.05, 0) is 24.5 Å². The van der Waals surface area contributed by atoms with Crippen LogP contribution < -0.4 is 15.5 Å². The van der Waals surface area contributed by atoms with E-state index < -0.39 is 11.7 Å². The molecule has 5 rings (SSSR count). The van der Waals surface area contributed by atoms with Crippen molar-refractivity contribution in [3.8, 4) is 0 Å². The van der Waals surface area contributed by atoms with Gasteiger partial charge in [0.2, 0.25) is 0 Å². The number of carbonyl (C=O) groups excluding carboxylic acids is 1. The van der Waals surface area contributed by atoms with Crippen molar-refractivity contribution in [2.24, 2.45) is 0 Å². The van der Waals surface area contributed by atoms with E-state index in [1.165, 1.54) is 23.0 Å². The fraction of sp³-hybridized carbons (Fsp3) is 0.217. The van der Waals surface area contributed by atoms with E-state index in [9.17, 15) is 9.18 Å². The molecule has 1 fully saturated rings. The number of rotatable bonds is 7. The summed E-state index contributed by atoms with van der Waals surface area (Å²) in [5.74, 6) is -0.427. The Kier molecular flexibility index (Phi) is 5.14. The van der Waals surface area contributed by atoms with Gasteiger partial charge in [0.15, 0.2) is 23.0 Å². The minimum atomic E-state index is -0.609. The number of aromatic nitrogens is 4. The number of hydrogen-bond acceptors (Lipinski definition) is 6. The van der Waals surface area contributed by atoms with Crippen molar-refractivity contribution in [1.82, 2.24) is 19.6 Å². The molecular formula is C23H22FN7O. The summed E-state index contributed by atoms with van der Waals surface area (Å²) in [6, 6.07) is 13.8. The number of carbonyl (C=O) groups is 1. The van der Waals surface area contributed by atoms with Gasteiger partial charge in [0, 0.05) is 31.9 Å². The highest BCUT2D eigenvalue weighted by Gasteiger charge is 2.25. The van der Waals surface area contributed by atoms with Crippen LogP contribution >= 0.6 is 0 Å². The van der Waals surface area contributed by atoms with E-state index in [0.717, 1.165) is 30.3 Å². The fourth-order valence-corrected chi connectivity index (χ4v) is 3.45. The Morgan fingerprint density at radius 2 is 2.00 bits per heavy atom. The third kappa shape index (κ3) is 4.09. The third-order valence-electron chi connectivity index (χ3n) is 5.30. The summed E-state index contributed by atoms with van der Waals surface area (Å²) < 4.78 is 15.5. The van der Waals surface area contributed by atoms with Gasteiger partial charge in [-0.1, -0.05) is 30.3 Å². The molecule has 3 aromatic heterocycles. The Balaban J connectivity index is 1.51. The lowest BCUT2D eigenvalue weighted by Gasteiger charge is -2.20. The van der Waals surface area contributed by atoms with Gasteiger partial charge in [0.25, 0.3) is 5.91 Å². The monoisotopic (exact) mass is 431 g/mol. The topological polar surface area (TPSA) is 87.5 Å². The van der Waals surface area contributed by atoms with Gasteiger partial charge >= 0.3 is 0 Å². The molecule has 4 aromatic rings. The molecule has 3 heterocycles. The van der Waals surface area contributed by atoms with E-state index in [-0.39, 0.29) is 11.4 Å². The SMILES string of the molecule is CN(Cc1ccccc1)c1cc(NC2CC2)c2ncc(C(=O)Nc3ccncc3F)n2n1. The van der Waals surface area contributed by atoms with Crippen molar-refractivity contribution in [3.63, 3.8) is 0 Å². The minimum Gasteiger partial charge on any atom is -0.379 e. The van der Waals surface area contributed by atoms with Crippen LogP contribution in [0.4, 0.5) is 21.6 Å². The largest absolute Gasteiger partial charge is 0.379 e. The maximum Gasteiger partial charge on any atom is 0.276 e. The van der Waals surface area contributed by atoms with Gasteiger partial charge in [-0.3, -0.25) is 9.78 Å². The molecule has 0 saturated heterocycles. The van der Waals surface area contributed by atoms with Crippen LogP contribution in [0.1, 0.15) is 28.9 Å². The average Bonchev–Trinajstić information content (AvgIpc) is 3.50. The summed E-state index contributed by atoms with van der Waals surface area (Å²) in [6.45, 7) is 0.653. The molecule has 0 unspecified atom stereocenters. The Morgan fingerprint density at radius 1 is 1.19 bits per heavy atom. The maximum absolute atomic E-state index is 14.0. The number of amides is 1. The van der Waals surface area contributed by atoms with Crippen LogP contribution in [0.5, 0.6) is 0 Å². The summed E-state index contributed by atoms with van der Waals surface area (Å²) in [5, 5.41) is 10.7. The Labute approximate surface area is 184 Å². The quantitative estimate of drug-likeness (QED) is 0.464. The van der Waals surface area contributed by atoms with Gasteiger partial charge in [0.05, 0.1) is 23.8 Å². The molecule has 1 saturated carbocycles. The maximum atomic E-state index is 14.0. The lowest BCUT2D eigenvalue weighted by atomic mass is 10.2. The summed E-state index contributed by atoms with van der Waals surface area (Å²) in [5.41, 5.74) is 2.77. The van der Waals surface area contributed by atoms with Crippen LogP contribution in [0.2, 0.25) is 0 Å². The van der Waals surface area contributed by atoms with Crippen LogP contribution in [0.3, 0.4) is 0 Å². The van der Waals surface area contributed by atoms with Crippen molar-refractivity contribution in [2.75, 3.05) is 22.6 Å². The highest BCUT2D eigenvalue weighted by atomic mass is 19.1. The molecule has 2 N–H and O–H groups in total. The Bertz CT molecular complexity index is 1270. The first kappa shape index (κ1) is 19.9.